The van der Waals surface area contributed by atoms with E-state index in [-0.39, 0.29) is 5.78 Å². The van der Waals surface area contributed by atoms with Crippen LogP contribution in [0.4, 0.5) is 0 Å². The Morgan fingerprint density at radius 3 is 2.76 bits per heavy atom. The van der Waals surface area contributed by atoms with Crippen molar-refractivity contribution in [3.63, 3.8) is 0 Å². The van der Waals surface area contributed by atoms with Crippen LogP contribution in [0, 0.1) is 5.41 Å². The van der Waals surface area contributed by atoms with Crippen molar-refractivity contribution in [1.82, 2.24) is 4.98 Å². The molecule has 0 saturated carbocycles. The number of ketones is 1. The van der Waals surface area contributed by atoms with Crippen molar-refractivity contribution >= 4 is 40.0 Å². The number of hydrogen-bond acceptors (Lipinski definition) is 5. The van der Waals surface area contributed by atoms with Crippen molar-refractivity contribution in [3.05, 3.63) is 69.5 Å². The summed E-state index contributed by atoms with van der Waals surface area (Å²) in [7, 11) is 0. The smallest absolute Gasteiger partial charge is 0.186 e. The number of aromatic nitrogens is 1. The van der Waals surface area contributed by atoms with Gasteiger partial charge in [-0.1, -0.05) is 54.2 Å². The van der Waals surface area contributed by atoms with Crippen LogP contribution in [0.25, 0.3) is 6.08 Å². The molecule has 0 amide bonds. The summed E-state index contributed by atoms with van der Waals surface area (Å²) in [6, 6.07) is 9.90. The maximum Gasteiger partial charge on any atom is 0.186 e. The molecule has 2 aromatic rings. The molecule has 1 fully saturated rings. The van der Waals surface area contributed by atoms with Gasteiger partial charge in [-0.25, -0.2) is 4.98 Å². The van der Waals surface area contributed by atoms with E-state index in [1.165, 1.54) is 23.1 Å². The lowest BCUT2D eigenvalue weighted by Gasteiger charge is -2.00. The van der Waals surface area contributed by atoms with Crippen LogP contribution in [-0.4, -0.2) is 15.8 Å². The third-order valence-corrected chi connectivity index (χ3v) is 4.87. The Labute approximate surface area is 130 Å². The first kappa shape index (κ1) is 14.0. The number of rotatable bonds is 3. The molecule has 1 aromatic heterocycles. The Bertz CT molecular complexity index is 718. The Kier molecular flexibility index (Phi) is 4.13. The Morgan fingerprint density at radius 2 is 2.05 bits per heavy atom. The summed E-state index contributed by atoms with van der Waals surface area (Å²) in [6.07, 6.45) is 7.25. The Morgan fingerprint density at radius 1 is 1.24 bits per heavy atom. The molecule has 1 aromatic carbocycles. The van der Waals surface area contributed by atoms with Gasteiger partial charge in [0.1, 0.15) is 10.9 Å². The van der Waals surface area contributed by atoms with E-state index in [0.29, 0.717) is 15.0 Å². The molecule has 1 saturated heterocycles. The fourth-order valence-electron chi connectivity index (χ4n) is 2.02. The van der Waals surface area contributed by atoms with Crippen LogP contribution in [0.3, 0.4) is 0 Å². The molecule has 1 N–H and O–H groups in total. The highest BCUT2D eigenvalue weighted by molar-refractivity contribution is 8.18. The van der Waals surface area contributed by atoms with Crippen molar-refractivity contribution in [2.45, 2.75) is 5.92 Å². The average molecular weight is 312 g/mol. The van der Waals surface area contributed by atoms with E-state index >= 15 is 0 Å². The number of hydrogen-bond donors (Lipinski definition) is 1. The van der Waals surface area contributed by atoms with Crippen molar-refractivity contribution in [2.75, 3.05) is 0 Å². The fraction of sp³-hybridized carbons (Fsp3) is 0.0625. The molecule has 0 spiro atoms. The van der Waals surface area contributed by atoms with Gasteiger partial charge < -0.3 is 0 Å². The number of benzene rings is 1. The molecule has 1 atom stereocenters. The summed E-state index contributed by atoms with van der Waals surface area (Å²) in [4.78, 5) is 17.1. The monoisotopic (exact) mass is 312 g/mol. The molecular weight excluding hydrogens is 300 g/mol. The van der Waals surface area contributed by atoms with Gasteiger partial charge in [0, 0.05) is 11.6 Å². The highest BCUT2D eigenvalue weighted by Gasteiger charge is 2.37. The number of nitrogens with zero attached hydrogens (tertiary/aromatic N) is 1. The predicted molar refractivity (Wildman–Crippen MR) is 88.7 cm³/mol. The van der Waals surface area contributed by atoms with Gasteiger partial charge in [0.05, 0.1) is 9.95 Å². The van der Waals surface area contributed by atoms with Gasteiger partial charge in [-0.15, -0.1) is 11.3 Å². The topological polar surface area (TPSA) is 53.8 Å². The van der Waals surface area contributed by atoms with Gasteiger partial charge >= 0.3 is 0 Å². The quantitative estimate of drug-likeness (QED) is 0.867. The minimum Gasteiger partial charge on any atom is -0.297 e. The molecule has 3 rings (SSSR count). The minimum absolute atomic E-state index is 0.0299. The largest absolute Gasteiger partial charge is 0.297 e. The van der Waals surface area contributed by atoms with Crippen molar-refractivity contribution in [3.8, 4) is 0 Å². The van der Waals surface area contributed by atoms with Crippen LogP contribution in [-0.2, 0) is 4.79 Å². The fourth-order valence-corrected chi connectivity index (χ4v) is 3.77. The Hall–Kier alpha value is -1.98. The molecule has 104 valence electrons. The molecular formula is C16H12N2OS2. The lowest BCUT2D eigenvalue weighted by atomic mass is 10.1. The number of allylic oxidation sites excluding steroid dienone is 3. The summed E-state index contributed by atoms with van der Waals surface area (Å²) in [5, 5.41) is 10.9. The number of Topliss-reactive ketones (excluding diaryl/α,β-unsaturated/α-hetero) is 1. The lowest BCUT2D eigenvalue weighted by Crippen LogP contribution is -2.11. The van der Waals surface area contributed by atoms with E-state index in [2.05, 4.69) is 4.98 Å². The van der Waals surface area contributed by atoms with Crippen LogP contribution >= 0.6 is 23.1 Å². The molecule has 1 unspecified atom stereocenters. The van der Waals surface area contributed by atoms with Crippen LogP contribution in [0.2, 0.25) is 0 Å². The molecule has 1 aliphatic rings. The molecule has 3 nitrogen and oxygen atoms in total. The van der Waals surface area contributed by atoms with Crippen molar-refractivity contribution < 1.29 is 4.79 Å². The molecule has 0 bridgehead atoms. The average Bonchev–Trinajstić information content (AvgIpc) is 3.09. The SMILES string of the molecule is N=C1SC(=CC=Cc2ccccc2)C(=O)C1c1nccs1. The second-order valence-corrected chi connectivity index (χ2v) is 6.44. The number of thiazole rings is 1. The molecule has 21 heavy (non-hydrogen) atoms. The lowest BCUT2D eigenvalue weighted by molar-refractivity contribution is -0.114. The van der Waals surface area contributed by atoms with Crippen molar-refractivity contribution in [2.24, 2.45) is 0 Å². The predicted octanol–water partition coefficient (Wildman–Crippen LogP) is 4.12. The highest BCUT2D eigenvalue weighted by Crippen LogP contribution is 2.40. The highest BCUT2D eigenvalue weighted by atomic mass is 32.2. The van der Waals surface area contributed by atoms with E-state index in [1.54, 1.807) is 12.3 Å². The van der Waals surface area contributed by atoms with Crippen LogP contribution in [0.5, 0.6) is 0 Å². The molecule has 1 aliphatic heterocycles. The van der Waals surface area contributed by atoms with Gasteiger partial charge in [0.25, 0.3) is 0 Å². The van der Waals surface area contributed by atoms with Crippen LogP contribution < -0.4 is 0 Å². The molecule has 2 heterocycles. The summed E-state index contributed by atoms with van der Waals surface area (Å²) in [5.41, 5.74) is 1.08. The summed E-state index contributed by atoms with van der Waals surface area (Å²) in [5.74, 6) is -0.538. The maximum atomic E-state index is 12.4. The molecule has 5 heteroatoms. The van der Waals surface area contributed by atoms with Gasteiger partial charge in [0.15, 0.2) is 5.78 Å². The normalized spacial score (nSPS) is 20.8. The van der Waals surface area contributed by atoms with Gasteiger partial charge in [-0.3, -0.25) is 10.2 Å². The van der Waals surface area contributed by atoms with Crippen molar-refractivity contribution in [1.29, 1.82) is 5.41 Å². The molecule has 0 aliphatic carbocycles. The standard InChI is InChI=1S/C16H12N2OS2/c17-15-13(16-18-9-10-20-16)14(19)12(21-15)8-4-7-11-5-2-1-3-6-11/h1-10,13,17H. The number of thioether (sulfide) groups is 1. The van der Waals surface area contributed by atoms with E-state index in [1.807, 2.05) is 47.9 Å². The van der Waals surface area contributed by atoms with E-state index in [0.717, 1.165) is 5.56 Å². The zero-order valence-corrected chi connectivity index (χ0v) is 12.7. The van der Waals surface area contributed by atoms with Crippen LogP contribution in [0.15, 0.2) is 59.0 Å². The van der Waals surface area contributed by atoms with Gasteiger partial charge in [-0.2, -0.15) is 0 Å². The zero-order chi connectivity index (χ0) is 14.7. The van der Waals surface area contributed by atoms with E-state index in [4.69, 9.17) is 5.41 Å². The Balaban J connectivity index is 1.78. The summed E-state index contributed by atoms with van der Waals surface area (Å²) in [6.45, 7) is 0. The van der Waals surface area contributed by atoms with E-state index in [9.17, 15) is 4.79 Å². The first-order chi connectivity index (χ1) is 10.3. The second-order valence-electron chi connectivity index (χ2n) is 4.43. The number of nitrogens with one attached hydrogen (secondary N) is 1. The van der Waals surface area contributed by atoms with Crippen LogP contribution in [0.1, 0.15) is 16.5 Å². The maximum absolute atomic E-state index is 12.4. The minimum atomic E-state index is -0.508. The zero-order valence-electron chi connectivity index (χ0n) is 11.0. The second kappa shape index (κ2) is 6.20. The third-order valence-electron chi connectivity index (χ3n) is 3.02. The first-order valence-electron chi connectivity index (χ1n) is 6.39. The summed E-state index contributed by atoms with van der Waals surface area (Å²) >= 11 is 2.64. The number of carbonyl (C=O) groups is 1. The molecule has 0 radical (unpaired) electrons. The first-order valence-corrected chi connectivity index (χ1v) is 8.08. The van der Waals surface area contributed by atoms with Gasteiger partial charge in [0.2, 0.25) is 0 Å². The third kappa shape index (κ3) is 3.04. The summed E-state index contributed by atoms with van der Waals surface area (Å²) < 4.78 is 0. The van der Waals surface area contributed by atoms with E-state index < -0.39 is 5.92 Å². The number of carbonyl (C=O) groups excluding carboxylic acids is 1. The van der Waals surface area contributed by atoms with Gasteiger partial charge in [-0.05, 0) is 11.6 Å².